The lowest BCUT2D eigenvalue weighted by Crippen LogP contribution is -2.46. The summed E-state index contributed by atoms with van der Waals surface area (Å²) in [5.41, 5.74) is 2.28. The third-order valence-corrected chi connectivity index (χ3v) is 2.92. The lowest BCUT2D eigenvalue weighted by molar-refractivity contribution is -0.104. The van der Waals surface area contributed by atoms with Crippen LogP contribution in [-0.2, 0) is 10.3 Å². The van der Waals surface area contributed by atoms with Crippen LogP contribution in [0.3, 0.4) is 0 Å². The van der Waals surface area contributed by atoms with Crippen LogP contribution in [0, 0.1) is 6.92 Å². The molecule has 0 aromatic heterocycles. The van der Waals surface area contributed by atoms with Crippen molar-refractivity contribution in [3.05, 3.63) is 35.4 Å². The number of morpholine rings is 1. The number of aryl methyl sites for hydroxylation is 1. The first-order valence-electron chi connectivity index (χ1n) is 5.48. The topological polar surface area (TPSA) is 23.3 Å². The molecule has 1 radical (unpaired) electrons. The molecular weight excluding hydrogens is 186 g/mol. The van der Waals surface area contributed by atoms with Crippen LogP contribution in [0.4, 0.5) is 0 Å². The molecule has 1 heterocycles. The zero-order valence-electron chi connectivity index (χ0n) is 9.66. The number of rotatable bonds is 1. The van der Waals surface area contributed by atoms with Gasteiger partial charge in [0.15, 0.2) is 0 Å². The third-order valence-electron chi connectivity index (χ3n) is 2.92. The summed E-state index contributed by atoms with van der Waals surface area (Å²) in [4.78, 5) is 0. The zero-order valence-corrected chi connectivity index (χ0v) is 9.66. The van der Waals surface area contributed by atoms with Gasteiger partial charge in [0.25, 0.3) is 0 Å². The van der Waals surface area contributed by atoms with Crippen molar-refractivity contribution in [2.45, 2.75) is 32.5 Å². The van der Waals surface area contributed by atoms with Crippen molar-refractivity contribution < 1.29 is 4.74 Å². The van der Waals surface area contributed by atoms with E-state index in [1.165, 1.54) is 11.1 Å². The molecular formula is C13H18NO. The van der Waals surface area contributed by atoms with Crippen LogP contribution < -0.4 is 5.32 Å². The molecule has 2 heteroatoms. The maximum Gasteiger partial charge on any atom is 0.105 e. The molecule has 1 aromatic carbocycles. The highest BCUT2D eigenvalue weighted by atomic mass is 16.5. The Bertz CT molecular complexity index is 333. The first kappa shape index (κ1) is 10.7. The molecule has 2 atom stereocenters. The molecule has 0 spiro atoms. The second-order valence-corrected chi connectivity index (χ2v) is 4.59. The number of benzene rings is 1. The van der Waals surface area contributed by atoms with Crippen molar-refractivity contribution in [2.75, 3.05) is 13.1 Å². The lowest BCUT2D eigenvalue weighted by Gasteiger charge is -2.37. The third kappa shape index (κ3) is 2.21. The van der Waals surface area contributed by atoms with Gasteiger partial charge in [-0.15, -0.1) is 0 Å². The van der Waals surface area contributed by atoms with Gasteiger partial charge in [0.05, 0.1) is 6.10 Å². The van der Waals surface area contributed by atoms with Crippen molar-refractivity contribution in [2.24, 2.45) is 0 Å². The minimum Gasteiger partial charge on any atom is -0.365 e. The van der Waals surface area contributed by atoms with E-state index in [9.17, 15) is 0 Å². The summed E-state index contributed by atoms with van der Waals surface area (Å²) in [6, 6.07) is 8.54. The Morgan fingerprint density at radius 3 is 2.60 bits per heavy atom. The molecule has 1 aromatic rings. The van der Waals surface area contributed by atoms with Gasteiger partial charge < -0.3 is 4.74 Å². The fourth-order valence-corrected chi connectivity index (χ4v) is 2.04. The summed E-state index contributed by atoms with van der Waals surface area (Å²) in [6.45, 7) is 7.88. The molecule has 81 valence electrons. The van der Waals surface area contributed by atoms with Crippen LogP contribution in [0.2, 0.25) is 0 Å². The average Bonchev–Trinajstić information content (AvgIpc) is 2.18. The van der Waals surface area contributed by atoms with E-state index in [-0.39, 0.29) is 11.7 Å². The van der Waals surface area contributed by atoms with E-state index < -0.39 is 0 Å². The van der Waals surface area contributed by atoms with Crippen LogP contribution in [0.15, 0.2) is 24.3 Å². The van der Waals surface area contributed by atoms with E-state index in [0.29, 0.717) is 0 Å². The van der Waals surface area contributed by atoms with E-state index in [4.69, 9.17) is 4.74 Å². The number of hydrogen-bond acceptors (Lipinski definition) is 1. The fourth-order valence-electron chi connectivity index (χ4n) is 2.04. The van der Waals surface area contributed by atoms with Gasteiger partial charge >= 0.3 is 0 Å². The second-order valence-electron chi connectivity index (χ2n) is 4.59. The molecule has 0 bridgehead atoms. The highest BCUT2D eigenvalue weighted by Crippen LogP contribution is 2.29. The quantitative estimate of drug-likeness (QED) is 0.688. The first-order valence-corrected chi connectivity index (χ1v) is 5.48. The Labute approximate surface area is 91.6 Å². The molecule has 0 amide bonds. The van der Waals surface area contributed by atoms with Crippen LogP contribution in [0.25, 0.3) is 0 Å². The zero-order chi connectivity index (χ0) is 10.9. The Kier molecular flexibility index (Phi) is 2.81. The minimum absolute atomic E-state index is 0.227. The Morgan fingerprint density at radius 2 is 2.00 bits per heavy atom. The average molecular weight is 204 g/mol. The maximum atomic E-state index is 6.01. The summed E-state index contributed by atoms with van der Waals surface area (Å²) in [7, 11) is 0. The smallest absolute Gasteiger partial charge is 0.105 e. The highest BCUT2D eigenvalue weighted by molar-refractivity contribution is 5.27. The van der Waals surface area contributed by atoms with E-state index >= 15 is 0 Å². The molecule has 0 unspecified atom stereocenters. The lowest BCUT2D eigenvalue weighted by atomic mass is 9.93. The van der Waals surface area contributed by atoms with Crippen molar-refractivity contribution >= 4 is 0 Å². The Morgan fingerprint density at radius 1 is 1.33 bits per heavy atom. The van der Waals surface area contributed by atoms with Gasteiger partial charge in [-0.05, 0) is 26.3 Å². The van der Waals surface area contributed by atoms with Crippen molar-refractivity contribution in [3.63, 3.8) is 0 Å². The van der Waals surface area contributed by atoms with Gasteiger partial charge in [-0.1, -0.05) is 29.8 Å². The van der Waals surface area contributed by atoms with Crippen LogP contribution >= 0.6 is 0 Å². The van der Waals surface area contributed by atoms with Gasteiger partial charge in [-0.2, -0.15) is 0 Å². The summed E-state index contributed by atoms with van der Waals surface area (Å²) >= 11 is 0. The van der Waals surface area contributed by atoms with E-state index in [2.05, 4.69) is 50.4 Å². The van der Waals surface area contributed by atoms with Gasteiger partial charge in [-0.3, -0.25) is 0 Å². The van der Waals surface area contributed by atoms with Crippen LogP contribution in [0.1, 0.15) is 25.0 Å². The number of hydrogen-bond donors (Lipinski definition) is 0. The SMILES string of the molecule is Cc1ccc([C@@]2(C)C[N]C[C@H](C)O2)cc1. The van der Waals surface area contributed by atoms with Crippen molar-refractivity contribution in [3.8, 4) is 0 Å². The maximum absolute atomic E-state index is 6.01. The molecule has 2 nitrogen and oxygen atoms in total. The highest BCUT2D eigenvalue weighted by Gasteiger charge is 2.33. The molecule has 1 saturated heterocycles. The standard InChI is InChI=1S/C13H18NO/c1-10-4-6-12(7-5-10)13(3)9-14-8-11(2)15-13/h4-7,11H,8-9H2,1-3H3/t11-,13+/m0/s1. The van der Waals surface area contributed by atoms with E-state index in [1.54, 1.807) is 0 Å². The van der Waals surface area contributed by atoms with E-state index in [1.807, 2.05) is 0 Å². The molecule has 0 saturated carbocycles. The predicted molar refractivity (Wildman–Crippen MR) is 60.9 cm³/mol. The largest absolute Gasteiger partial charge is 0.365 e. The molecule has 0 N–H and O–H groups in total. The monoisotopic (exact) mass is 204 g/mol. The number of nitrogens with zero attached hydrogens (tertiary/aromatic N) is 1. The Hall–Kier alpha value is -0.860. The summed E-state index contributed by atoms with van der Waals surface area (Å²) in [6.07, 6.45) is 0.227. The molecule has 15 heavy (non-hydrogen) atoms. The van der Waals surface area contributed by atoms with Gasteiger partial charge in [0.1, 0.15) is 5.60 Å². The minimum atomic E-state index is -0.231. The molecule has 2 rings (SSSR count). The molecule has 1 aliphatic heterocycles. The summed E-state index contributed by atoms with van der Waals surface area (Å²) in [5, 5.41) is 4.49. The van der Waals surface area contributed by atoms with Gasteiger partial charge in [0, 0.05) is 13.1 Å². The van der Waals surface area contributed by atoms with Crippen molar-refractivity contribution in [1.29, 1.82) is 0 Å². The van der Waals surface area contributed by atoms with Crippen LogP contribution in [-0.4, -0.2) is 19.2 Å². The van der Waals surface area contributed by atoms with Gasteiger partial charge in [-0.25, -0.2) is 5.32 Å². The van der Waals surface area contributed by atoms with E-state index in [0.717, 1.165) is 13.1 Å². The van der Waals surface area contributed by atoms with Gasteiger partial charge in [0.2, 0.25) is 0 Å². The summed E-state index contributed by atoms with van der Waals surface area (Å²) in [5.74, 6) is 0. The molecule has 0 aliphatic carbocycles. The van der Waals surface area contributed by atoms with Crippen LogP contribution in [0.5, 0.6) is 0 Å². The predicted octanol–water partition coefficient (Wildman–Crippen LogP) is 2.23. The Balaban J connectivity index is 2.24. The molecule has 1 fully saturated rings. The summed E-state index contributed by atoms with van der Waals surface area (Å²) < 4.78 is 6.01. The fraction of sp³-hybridized carbons (Fsp3) is 0.538. The molecule has 1 aliphatic rings. The van der Waals surface area contributed by atoms with Crippen molar-refractivity contribution in [1.82, 2.24) is 5.32 Å². The normalized spacial score (nSPS) is 31.5. The number of ether oxygens (including phenoxy) is 1. The second kappa shape index (κ2) is 3.95. The first-order chi connectivity index (χ1) is 7.10.